The zero-order chi connectivity index (χ0) is 17.6. The molecule has 0 aliphatic heterocycles. The first kappa shape index (κ1) is 17.2. The molecule has 1 aromatic carbocycles. The molecule has 25 heavy (non-hydrogen) atoms. The summed E-state index contributed by atoms with van der Waals surface area (Å²) in [5, 5.41) is 29.3. The van der Waals surface area contributed by atoms with E-state index in [2.05, 4.69) is 25.8 Å². The maximum absolute atomic E-state index is 12.1. The van der Waals surface area contributed by atoms with E-state index in [1.54, 1.807) is 10.9 Å². The molecule has 2 N–H and O–H groups in total. The molecule has 0 unspecified atom stereocenters. The number of hydrogen-bond donors (Lipinski definition) is 2. The van der Waals surface area contributed by atoms with Crippen LogP contribution in [0.1, 0.15) is 22.4 Å². The number of benzene rings is 1. The fraction of sp³-hybridized carbons (Fsp3) is 0.312. The summed E-state index contributed by atoms with van der Waals surface area (Å²) < 4.78 is 1.55. The predicted molar refractivity (Wildman–Crippen MR) is 92.8 cm³/mol. The molecule has 1 amide bonds. The minimum Gasteiger partial charge on any atom is -0.396 e. The maximum atomic E-state index is 12.1. The Kier molecular flexibility index (Phi) is 5.46. The zero-order valence-electron chi connectivity index (χ0n) is 13.7. The van der Waals surface area contributed by atoms with Crippen LogP contribution >= 0.6 is 11.3 Å². The quantitative estimate of drug-likeness (QED) is 0.660. The summed E-state index contributed by atoms with van der Waals surface area (Å²) >= 11 is 1.43. The van der Waals surface area contributed by atoms with Gasteiger partial charge in [0.2, 0.25) is 0 Å². The van der Waals surface area contributed by atoms with Crippen LogP contribution in [0.5, 0.6) is 0 Å². The van der Waals surface area contributed by atoms with E-state index in [9.17, 15) is 4.79 Å². The SMILES string of the molecule is C[C@@H](CO)Cn1cc(C(=O)NCc2nnc(-c3ccccc3)s2)nn1. The molecule has 3 aromatic rings. The van der Waals surface area contributed by atoms with Gasteiger partial charge in [-0.3, -0.25) is 9.48 Å². The van der Waals surface area contributed by atoms with Gasteiger partial charge in [-0.05, 0) is 5.92 Å². The molecule has 0 aliphatic carbocycles. The lowest BCUT2D eigenvalue weighted by Gasteiger charge is -2.05. The van der Waals surface area contributed by atoms with Gasteiger partial charge in [-0.25, -0.2) is 0 Å². The Balaban J connectivity index is 1.57. The fourth-order valence-electron chi connectivity index (χ4n) is 2.14. The predicted octanol–water partition coefficient (Wildman–Crippen LogP) is 1.35. The van der Waals surface area contributed by atoms with Gasteiger partial charge in [0.15, 0.2) is 5.69 Å². The summed E-state index contributed by atoms with van der Waals surface area (Å²) in [6.07, 6.45) is 1.57. The molecule has 0 saturated carbocycles. The van der Waals surface area contributed by atoms with Gasteiger partial charge in [-0.1, -0.05) is 53.8 Å². The molecule has 0 aliphatic rings. The van der Waals surface area contributed by atoms with Crippen LogP contribution in [0.3, 0.4) is 0 Å². The van der Waals surface area contributed by atoms with Gasteiger partial charge in [-0.15, -0.1) is 15.3 Å². The van der Waals surface area contributed by atoms with E-state index in [1.807, 2.05) is 37.3 Å². The Morgan fingerprint density at radius 3 is 2.84 bits per heavy atom. The van der Waals surface area contributed by atoms with Crippen molar-refractivity contribution < 1.29 is 9.90 Å². The molecule has 2 aromatic heterocycles. The monoisotopic (exact) mass is 358 g/mol. The van der Waals surface area contributed by atoms with Crippen molar-refractivity contribution in [3.63, 3.8) is 0 Å². The Bertz CT molecular complexity index is 832. The highest BCUT2D eigenvalue weighted by atomic mass is 32.1. The summed E-state index contributed by atoms with van der Waals surface area (Å²) in [5.74, 6) is -0.269. The van der Waals surface area contributed by atoms with Crippen molar-refractivity contribution in [1.82, 2.24) is 30.5 Å². The van der Waals surface area contributed by atoms with Crippen molar-refractivity contribution in [3.8, 4) is 10.6 Å². The third-order valence-corrected chi connectivity index (χ3v) is 4.44. The van der Waals surface area contributed by atoms with Crippen LogP contribution in [0.25, 0.3) is 10.6 Å². The minimum atomic E-state index is -0.320. The molecular weight excluding hydrogens is 340 g/mol. The van der Waals surface area contributed by atoms with Crippen molar-refractivity contribution >= 4 is 17.2 Å². The molecule has 3 rings (SSSR count). The number of nitrogens with one attached hydrogen (secondary N) is 1. The largest absolute Gasteiger partial charge is 0.396 e. The summed E-state index contributed by atoms with van der Waals surface area (Å²) in [7, 11) is 0. The summed E-state index contributed by atoms with van der Waals surface area (Å²) in [5.41, 5.74) is 1.23. The van der Waals surface area contributed by atoms with Gasteiger partial charge in [-0.2, -0.15) is 0 Å². The van der Waals surface area contributed by atoms with Crippen molar-refractivity contribution in [1.29, 1.82) is 0 Å². The summed E-state index contributed by atoms with van der Waals surface area (Å²) in [4.78, 5) is 12.1. The Morgan fingerprint density at radius 1 is 1.28 bits per heavy atom. The minimum absolute atomic E-state index is 0.0513. The molecule has 9 heteroatoms. The van der Waals surface area contributed by atoms with Gasteiger partial charge in [0, 0.05) is 18.7 Å². The number of carbonyl (C=O) groups is 1. The number of carbonyl (C=O) groups excluding carboxylic acids is 1. The van der Waals surface area contributed by atoms with Crippen LogP contribution < -0.4 is 5.32 Å². The van der Waals surface area contributed by atoms with Crippen LogP contribution in [0.15, 0.2) is 36.5 Å². The van der Waals surface area contributed by atoms with Crippen molar-refractivity contribution in [3.05, 3.63) is 47.2 Å². The molecule has 2 heterocycles. The third-order valence-electron chi connectivity index (χ3n) is 3.47. The van der Waals surface area contributed by atoms with Gasteiger partial charge >= 0.3 is 0 Å². The number of aliphatic hydroxyl groups is 1. The van der Waals surface area contributed by atoms with Gasteiger partial charge in [0.05, 0.1) is 12.7 Å². The highest BCUT2D eigenvalue weighted by Crippen LogP contribution is 2.22. The fourth-order valence-corrected chi connectivity index (χ4v) is 2.92. The third kappa shape index (κ3) is 4.46. The molecule has 0 fully saturated rings. The van der Waals surface area contributed by atoms with Crippen LogP contribution in [-0.2, 0) is 13.1 Å². The van der Waals surface area contributed by atoms with Gasteiger partial charge < -0.3 is 10.4 Å². The number of nitrogens with zero attached hydrogens (tertiary/aromatic N) is 5. The first-order valence-electron chi connectivity index (χ1n) is 7.82. The average Bonchev–Trinajstić information content (AvgIpc) is 3.30. The molecule has 0 bridgehead atoms. The molecule has 8 nitrogen and oxygen atoms in total. The van der Waals surface area contributed by atoms with Gasteiger partial charge in [0.25, 0.3) is 5.91 Å². The average molecular weight is 358 g/mol. The number of amides is 1. The van der Waals surface area contributed by atoms with Crippen molar-refractivity contribution in [2.24, 2.45) is 5.92 Å². The van der Waals surface area contributed by atoms with Crippen molar-refractivity contribution in [2.75, 3.05) is 6.61 Å². The first-order valence-corrected chi connectivity index (χ1v) is 8.64. The van der Waals surface area contributed by atoms with Crippen LogP contribution in [0.4, 0.5) is 0 Å². The van der Waals surface area contributed by atoms with E-state index >= 15 is 0 Å². The Morgan fingerprint density at radius 2 is 2.08 bits per heavy atom. The molecule has 1 atom stereocenters. The van der Waals surface area contributed by atoms with Crippen LogP contribution in [0, 0.1) is 5.92 Å². The lowest BCUT2D eigenvalue weighted by Crippen LogP contribution is -2.23. The number of aromatic nitrogens is 5. The smallest absolute Gasteiger partial charge is 0.273 e. The summed E-state index contributed by atoms with van der Waals surface area (Å²) in [6.45, 7) is 2.74. The lowest BCUT2D eigenvalue weighted by molar-refractivity contribution is 0.0945. The maximum Gasteiger partial charge on any atom is 0.273 e. The standard InChI is InChI=1S/C16H18N6O2S/c1-11(10-23)8-22-9-13(18-21-22)15(24)17-7-14-19-20-16(25-14)12-5-3-2-4-6-12/h2-6,9,11,23H,7-8,10H2,1H3,(H,17,24)/t11-/m1/s1. The molecule has 0 radical (unpaired) electrons. The zero-order valence-corrected chi connectivity index (χ0v) is 14.5. The van der Waals surface area contributed by atoms with Crippen LogP contribution in [-0.4, -0.2) is 42.8 Å². The second-order valence-electron chi connectivity index (χ2n) is 5.66. The van der Waals surface area contributed by atoms with E-state index in [0.717, 1.165) is 10.6 Å². The van der Waals surface area contributed by atoms with Crippen molar-refractivity contribution in [2.45, 2.75) is 20.0 Å². The van der Waals surface area contributed by atoms with E-state index in [0.29, 0.717) is 11.6 Å². The molecular formula is C16H18N6O2S. The Hall–Kier alpha value is -2.65. The lowest BCUT2D eigenvalue weighted by atomic mass is 10.2. The normalized spacial score (nSPS) is 12.1. The van der Waals surface area contributed by atoms with E-state index in [1.165, 1.54) is 11.3 Å². The van der Waals surface area contributed by atoms with E-state index < -0.39 is 0 Å². The second kappa shape index (κ2) is 7.95. The first-order chi connectivity index (χ1) is 12.2. The number of rotatable bonds is 7. The molecule has 0 saturated heterocycles. The molecule has 130 valence electrons. The van der Waals surface area contributed by atoms with Crippen LogP contribution in [0.2, 0.25) is 0 Å². The highest BCUT2D eigenvalue weighted by Gasteiger charge is 2.13. The second-order valence-corrected chi connectivity index (χ2v) is 6.73. The summed E-state index contributed by atoms with van der Waals surface area (Å²) in [6, 6.07) is 9.77. The number of aliphatic hydroxyl groups excluding tert-OH is 1. The highest BCUT2D eigenvalue weighted by molar-refractivity contribution is 7.14. The topological polar surface area (TPSA) is 106 Å². The van der Waals surface area contributed by atoms with E-state index in [-0.39, 0.29) is 30.7 Å². The molecule has 0 spiro atoms. The van der Waals surface area contributed by atoms with Gasteiger partial charge in [0.1, 0.15) is 10.0 Å². The van der Waals surface area contributed by atoms with E-state index in [4.69, 9.17) is 5.11 Å². The number of hydrogen-bond acceptors (Lipinski definition) is 7. The Labute approximate surface area is 148 Å².